The molecule has 0 amide bonds. The van der Waals surface area contributed by atoms with Gasteiger partial charge in [-0.2, -0.15) is 0 Å². The monoisotopic (exact) mass is 219 g/mol. The van der Waals surface area contributed by atoms with Crippen LogP contribution in [0.5, 0.6) is 5.75 Å². The Bertz CT molecular complexity index is 367. The number of benzene rings is 1. The quantitative estimate of drug-likeness (QED) is 0.826. The van der Waals surface area contributed by atoms with Crippen molar-refractivity contribution in [3.8, 4) is 5.75 Å². The number of ether oxygens (including phenoxy) is 1. The molecule has 1 fully saturated rings. The van der Waals surface area contributed by atoms with Gasteiger partial charge < -0.3 is 10.1 Å². The smallest absolute Gasteiger partial charge is 0.123 e. The first-order valence-corrected chi connectivity index (χ1v) is 6.06. The minimum atomic E-state index is -0.0448. The fourth-order valence-electron chi connectivity index (χ4n) is 2.20. The summed E-state index contributed by atoms with van der Waals surface area (Å²) in [6.07, 6.45) is 2.33. The van der Waals surface area contributed by atoms with Gasteiger partial charge in [-0.25, -0.2) is 0 Å². The maximum absolute atomic E-state index is 6.19. The van der Waals surface area contributed by atoms with Gasteiger partial charge in [0.15, 0.2) is 0 Å². The van der Waals surface area contributed by atoms with E-state index in [9.17, 15) is 0 Å². The van der Waals surface area contributed by atoms with E-state index >= 15 is 0 Å². The molecule has 1 aliphatic rings. The molecule has 88 valence electrons. The molecule has 1 unspecified atom stereocenters. The Hall–Kier alpha value is -1.02. The van der Waals surface area contributed by atoms with Crippen LogP contribution < -0.4 is 10.1 Å². The van der Waals surface area contributed by atoms with E-state index in [1.165, 1.54) is 17.5 Å². The van der Waals surface area contributed by atoms with Crippen LogP contribution in [0.1, 0.15) is 30.9 Å². The van der Waals surface area contributed by atoms with E-state index in [4.69, 9.17) is 4.74 Å². The van der Waals surface area contributed by atoms with Gasteiger partial charge in [0, 0.05) is 6.54 Å². The lowest BCUT2D eigenvalue weighted by atomic mass is 9.96. The summed E-state index contributed by atoms with van der Waals surface area (Å²) in [4.78, 5) is 0. The lowest BCUT2D eigenvalue weighted by Crippen LogP contribution is -2.47. The third-order valence-corrected chi connectivity index (χ3v) is 3.26. The predicted molar refractivity (Wildman–Crippen MR) is 67.1 cm³/mol. The molecule has 0 spiro atoms. The molecule has 0 radical (unpaired) electrons. The number of nitrogens with one attached hydrogen (secondary N) is 1. The van der Waals surface area contributed by atoms with Crippen LogP contribution in [-0.2, 0) is 0 Å². The minimum absolute atomic E-state index is 0.0448. The van der Waals surface area contributed by atoms with Crippen molar-refractivity contribution in [3.05, 3.63) is 29.3 Å². The van der Waals surface area contributed by atoms with Crippen molar-refractivity contribution in [1.29, 1.82) is 0 Å². The topological polar surface area (TPSA) is 21.3 Å². The molecule has 0 saturated carbocycles. The van der Waals surface area contributed by atoms with Crippen molar-refractivity contribution >= 4 is 0 Å². The average Bonchev–Trinajstić information content (AvgIpc) is 2.24. The Kier molecular flexibility index (Phi) is 3.20. The highest BCUT2D eigenvalue weighted by atomic mass is 16.5. The van der Waals surface area contributed by atoms with Crippen molar-refractivity contribution < 1.29 is 4.74 Å². The SMILES string of the molecule is Cc1ccc(C)c(OC2(C)CCCNC2)c1. The summed E-state index contributed by atoms with van der Waals surface area (Å²) in [6.45, 7) is 8.47. The zero-order valence-electron chi connectivity index (χ0n) is 10.5. The van der Waals surface area contributed by atoms with Gasteiger partial charge in [0.1, 0.15) is 11.4 Å². The predicted octanol–water partition coefficient (Wildman–Crippen LogP) is 2.82. The Morgan fingerprint density at radius 1 is 1.31 bits per heavy atom. The summed E-state index contributed by atoms with van der Waals surface area (Å²) in [6, 6.07) is 6.39. The van der Waals surface area contributed by atoms with Crippen molar-refractivity contribution in [2.24, 2.45) is 0 Å². The zero-order chi connectivity index (χ0) is 11.6. The molecule has 0 bridgehead atoms. The molecule has 2 rings (SSSR count). The van der Waals surface area contributed by atoms with Gasteiger partial charge >= 0.3 is 0 Å². The van der Waals surface area contributed by atoms with Gasteiger partial charge in [-0.05, 0) is 57.4 Å². The molecular weight excluding hydrogens is 198 g/mol. The maximum atomic E-state index is 6.19. The maximum Gasteiger partial charge on any atom is 0.123 e. The molecule has 1 N–H and O–H groups in total. The van der Waals surface area contributed by atoms with E-state index in [2.05, 4.69) is 44.3 Å². The van der Waals surface area contributed by atoms with Crippen LogP contribution >= 0.6 is 0 Å². The average molecular weight is 219 g/mol. The van der Waals surface area contributed by atoms with Crippen LogP contribution in [0.25, 0.3) is 0 Å². The highest BCUT2D eigenvalue weighted by Crippen LogP contribution is 2.27. The van der Waals surface area contributed by atoms with Crippen LogP contribution in [0.2, 0.25) is 0 Å². The van der Waals surface area contributed by atoms with E-state index in [-0.39, 0.29) is 5.60 Å². The van der Waals surface area contributed by atoms with Crippen molar-refractivity contribution in [2.45, 2.75) is 39.2 Å². The Balaban J connectivity index is 2.15. The summed E-state index contributed by atoms with van der Waals surface area (Å²) in [5, 5.41) is 3.40. The second-order valence-corrected chi connectivity index (χ2v) is 5.10. The van der Waals surface area contributed by atoms with Crippen LogP contribution in [0.4, 0.5) is 0 Å². The fraction of sp³-hybridized carbons (Fsp3) is 0.571. The molecular formula is C14H21NO. The van der Waals surface area contributed by atoms with Gasteiger partial charge in [0.2, 0.25) is 0 Å². The normalized spacial score (nSPS) is 25.4. The first-order chi connectivity index (χ1) is 7.59. The van der Waals surface area contributed by atoms with Crippen molar-refractivity contribution in [1.82, 2.24) is 5.32 Å². The fourth-order valence-corrected chi connectivity index (χ4v) is 2.20. The molecule has 1 heterocycles. The van der Waals surface area contributed by atoms with Crippen LogP contribution in [0.3, 0.4) is 0 Å². The molecule has 1 aromatic rings. The van der Waals surface area contributed by atoms with Crippen LogP contribution in [0.15, 0.2) is 18.2 Å². The molecule has 1 aromatic carbocycles. The number of rotatable bonds is 2. The largest absolute Gasteiger partial charge is 0.486 e. The molecule has 1 atom stereocenters. The van der Waals surface area contributed by atoms with Gasteiger partial charge in [-0.15, -0.1) is 0 Å². The number of hydrogen-bond acceptors (Lipinski definition) is 2. The van der Waals surface area contributed by atoms with E-state index in [1.807, 2.05) is 0 Å². The molecule has 16 heavy (non-hydrogen) atoms. The summed E-state index contributed by atoms with van der Waals surface area (Å²) >= 11 is 0. The minimum Gasteiger partial charge on any atom is -0.486 e. The highest BCUT2D eigenvalue weighted by Gasteiger charge is 2.29. The Labute approximate surface area is 98.0 Å². The van der Waals surface area contributed by atoms with E-state index < -0.39 is 0 Å². The van der Waals surface area contributed by atoms with Crippen LogP contribution in [-0.4, -0.2) is 18.7 Å². The first-order valence-electron chi connectivity index (χ1n) is 6.06. The first kappa shape index (κ1) is 11.5. The number of aryl methyl sites for hydroxylation is 2. The van der Waals surface area contributed by atoms with E-state index in [0.717, 1.165) is 25.3 Å². The standard InChI is InChI=1S/C14H21NO/c1-11-5-6-12(2)13(9-11)16-14(3)7-4-8-15-10-14/h5-6,9,15H,4,7-8,10H2,1-3H3. The summed E-state index contributed by atoms with van der Waals surface area (Å²) in [5.41, 5.74) is 2.43. The molecule has 0 aliphatic carbocycles. The van der Waals surface area contributed by atoms with Gasteiger partial charge in [0.25, 0.3) is 0 Å². The van der Waals surface area contributed by atoms with Gasteiger partial charge in [-0.3, -0.25) is 0 Å². The van der Waals surface area contributed by atoms with Crippen molar-refractivity contribution in [2.75, 3.05) is 13.1 Å². The lowest BCUT2D eigenvalue weighted by Gasteiger charge is -2.35. The third-order valence-electron chi connectivity index (χ3n) is 3.26. The third kappa shape index (κ3) is 2.56. The van der Waals surface area contributed by atoms with Gasteiger partial charge in [-0.1, -0.05) is 12.1 Å². The molecule has 0 aromatic heterocycles. The second kappa shape index (κ2) is 4.46. The summed E-state index contributed by atoms with van der Waals surface area (Å²) < 4.78 is 6.19. The lowest BCUT2D eigenvalue weighted by molar-refractivity contribution is 0.0607. The molecule has 1 saturated heterocycles. The zero-order valence-corrected chi connectivity index (χ0v) is 10.5. The summed E-state index contributed by atoms with van der Waals surface area (Å²) in [5.74, 6) is 1.03. The number of piperidine rings is 1. The Morgan fingerprint density at radius 2 is 2.12 bits per heavy atom. The Morgan fingerprint density at radius 3 is 2.81 bits per heavy atom. The van der Waals surface area contributed by atoms with Gasteiger partial charge in [0.05, 0.1) is 0 Å². The molecule has 2 nitrogen and oxygen atoms in total. The van der Waals surface area contributed by atoms with E-state index in [1.54, 1.807) is 0 Å². The van der Waals surface area contributed by atoms with E-state index in [0.29, 0.717) is 0 Å². The van der Waals surface area contributed by atoms with Crippen LogP contribution in [0, 0.1) is 13.8 Å². The van der Waals surface area contributed by atoms with Crippen molar-refractivity contribution in [3.63, 3.8) is 0 Å². The summed E-state index contributed by atoms with van der Waals surface area (Å²) in [7, 11) is 0. The molecule has 2 heteroatoms. The molecule has 1 aliphatic heterocycles. The highest BCUT2D eigenvalue weighted by molar-refractivity contribution is 5.36. The second-order valence-electron chi connectivity index (χ2n) is 5.10. The number of hydrogen-bond donors (Lipinski definition) is 1.